The number of alkyl halides is 8. The van der Waals surface area contributed by atoms with E-state index in [4.69, 9.17) is 0 Å². The molecule has 1 fully saturated rings. The van der Waals surface area contributed by atoms with E-state index in [1.54, 1.807) is 0 Å². The molecule has 0 unspecified atom stereocenters. The zero-order valence-electron chi connectivity index (χ0n) is 16.7. The third-order valence-electron chi connectivity index (χ3n) is 5.17. The number of nitrogens with zero attached hydrogens (tertiary/aromatic N) is 5. The molecule has 2 atom stereocenters. The molecule has 0 saturated carbocycles. The third kappa shape index (κ3) is 4.21. The first-order valence-electron chi connectivity index (χ1n) is 9.56. The highest BCUT2D eigenvalue weighted by Gasteiger charge is 2.39. The Balaban J connectivity index is 1.79. The predicted molar refractivity (Wildman–Crippen MR) is 98.5 cm³/mol. The van der Waals surface area contributed by atoms with Gasteiger partial charge in [-0.1, -0.05) is 6.07 Å². The molecule has 15 heteroatoms. The minimum absolute atomic E-state index is 0.0139. The molecule has 1 aliphatic heterocycles. The Labute approximate surface area is 184 Å². The molecular formula is C19H13F8N5O2. The van der Waals surface area contributed by atoms with E-state index in [-0.39, 0.29) is 5.56 Å². The number of likely N-dealkylation sites (tertiary alicyclic amines) is 1. The lowest BCUT2D eigenvalue weighted by Gasteiger charge is -2.16. The molecule has 3 aromatic rings. The summed E-state index contributed by atoms with van der Waals surface area (Å²) >= 11 is 0. The molecule has 0 aromatic carbocycles. The van der Waals surface area contributed by atoms with Crippen molar-refractivity contribution in [2.45, 2.75) is 31.2 Å². The summed E-state index contributed by atoms with van der Waals surface area (Å²) in [6.45, 7) is -1.86. The van der Waals surface area contributed by atoms with Crippen molar-refractivity contribution < 1.29 is 39.9 Å². The van der Waals surface area contributed by atoms with E-state index in [1.165, 1.54) is 0 Å². The number of fused-ring (bicyclic) bond motifs is 1. The SMILES string of the molecule is O=C(c1ccc(C(F)(F)F)c2nn(Cc3ccc(C(F)(F)F)nc3)c(=O)n12)N1C[C@@H](F)[C@@H](F)C1. The van der Waals surface area contributed by atoms with Crippen molar-refractivity contribution >= 4 is 11.6 Å². The monoisotopic (exact) mass is 495 g/mol. The fraction of sp³-hybridized carbons (Fsp3) is 0.368. The van der Waals surface area contributed by atoms with Gasteiger partial charge in [0, 0.05) is 6.20 Å². The van der Waals surface area contributed by atoms with Crippen LogP contribution in [0.25, 0.3) is 5.65 Å². The van der Waals surface area contributed by atoms with Crippen LogP contribution in [-0.4, -0.2) is 55.4 Å². The van der Waals surface area contributed by atoms with E-state index in [2.05, 4.69) is 10.1 Å². The average molecular weight is 495 g/mol. The number of hydrogen-bond donors (Lipinski definition) is 0. The Kier molecular flexibility index (Phi) is 5.60. The summed E-state index contributed by atoms with van der Waals surface area (Å²) in [5, 5.41) is 3.62. The van der Waals surface area contributed by atoms with Crippen LogP contribution in [0.5, 0.6) is 0 Å². The van der Waals surface area contributed by atoms with E-state index < -0.39 is 78.5 Å². The van der Waals surface area contributed by atoms with Gasteiger partial charge in [-0.15, -0.1) is 5.10 Å². The second-order valence-electron chi connectivity index (χ2n) is 7.52. The summed E-state index contributed by atoms with van der Waals surface area (Å²) in [6.07, 6.45) is -12.9. The van der Waals surface area contributed by atoms with Crippen LogP contribution in [0.2, 0.25) is 0 Å². The maximum Gasteiger partial charge on any atom is 0.433 e. The molecule has 0 bridgehead atoms. The Hall–Kier alpha value is -3.52. The molecule has 182 valence electrons. The second kappa shape index (κ2) is 8.06. The lowest BCUT2D eigenvalue weighted by Crippen LogP contribution is -2.33. The molecule has 4 heterocycles. The molecule has 3 aromatic heterocycles. The van der Waals surface area contributed by atoms with Crippen LogP contribution in [0.3, 0.4) is 0 Å². The molecule has 0 aliphatic carbocycles. The molecule has 4 rings (SSSR count). The number of pyridine rings is 2. The topological polar surface area (TPSA) is 72.5 Å². The van der Waals surface area contributed by atoms with Gasteiger partial charge in [-0.3, -0.25) is 9.78 Å². The summed E-state index contributed by atoms with van der Waals surface area (Å²) in [5.41, 5.74) is -5.33. The highest BCUT2D eigenvalue weighted by atomic mass is 19.4. The number of rotatable bonds is 3. The van der Waals surface area contributed by atoms with Crippen LogP contribution in [0.4, 0.5) is 35.1 Å². The van der Waals surface area contributed by atoms with Gasteiger partial charge in [0.25, 0.3) is 5.91 Å². The van der Waals surface area contributed by atoms with Gasteiger partial charge in [-0.05, 0) is 23.8 Å². The van der Waals surface area contributed by atoms with E-state index in [0.29, 0.717) is 27.3 Å². The van der Waals surface area contributed by atoms with E-state index in [0.717, 1.165) is 17.2 Å². The normalized spacial score (nSPS) is 19.2. The van der Waals surface area contributed by atoms with Crippen molar-refractivity contribution in [2.75, 3.05) is 13.1 Å². The number of carbonyl (C=O) groups excluding carboxylic acids is 1. The molecule has 0 N–H and O–H groups in total. The quantitative estimate of drug-likeness (QED) is 0.524. The standard InChI is InChI=1S/C19H13F8N5O2/c20-11-7-30(8-12(11)21)16(33)13-3-2-10(18(22,23)24)15-29-31(17(34)32(13)15)6-9-1-4-14(28-5-9)19(25,26)27/h1-5,11-12H,6-8H2/t11-,12+. The summed E-state index contributed by atoms with van der Waals surface area (Å²) in [5.74, 6) is -1.08. The van der Waals surface area contributed by atoms with Gasteiger partial charge in [-0.25, -0.2) is 22.7 Å². The van der Waals surface area contributed by atoms with E-state index >= 15 is 0 Å². The molecule has 7 nitrogen and oxygen atoms in total. The molecule has 1 amide bonds. The highest BCUT2D eigenvalue weighted by molar-refractivity contribution is 5.93. The first-order valence-corrected chi connectivity index (χ1v) is 9.56. The minimum atomic E-state index is -4.98. The lowest BCUT2D eigenvalue weighted by atomic mass is 10.2. The van der Waals surface area contributed by atoms with Gasteiger partial charge in [0.1, 0.15) is 17.0 Å². The molecule has 0 radical (unpaired) electrons. The summed E-state index contributed by atoms with van der Waals surface area (Å²) < 4.78 is 106. The Morgan fingerprint density at radius 3 is 2.15 bits per heavy atom. The maximum absolute atomic E-state index is 13.5. The van der Waals surface area contributed by atoms with Crippen LogP contribution < -0.4 is 5.69 Å². The first-order chi connectivity index (χ1) is 15.8. The van der Waals surface area contributed by atoms with Gasteiger partial charge < -0.3 is 4.90 Å². The van der Waals surface area contributed by atoms with Crippen LogP contribution in [0.1, 0.15) is 27.3 Å². The maximum atomic E-state index is 13.5. The van der Waals surface area contributed by atoms with Gasteiger partial charge in [0.15, 0.2) is 18.0 Å². The van der Waals surface area contributed by atoms with Gasteiger partial charge in [0.05, 0.1) is 19.6 Å². The van der Waals surface area contributed by atoms with Crippen molar-refractivity contribution in [2.24, 2.45) is 0 Å². The number of halogens is 8. The summed E-state index contributed by atoms with van der Waals surface area (Å²) in [6, 6.07) is 2.80. The fourth-order valence-corrected chi connectivity index (χ4v) is 3.51. The van der Waals surface area contributed by atoms with Gasteiger partial charge >= 0.3 is 18.0 Å². The molecule has 34 heavy (non-hydrogen) atoms. The molecular weight excluding hydrogens is 482 g/mol. The Bertz CT molecular complexity index is 1290. The third-order valence-corrected chi connectivity index (χ3v) is 5.17. The van der Waals surface area contributed by atoms with Crippen LogP contribution in [-0.2, 0) is 18.9 Å². The van der Waals surface area contributed by atoms with E-state index in [1.807, 2.05) is 0 Å². The first kappa shape index (κ1) is 23.6. The highest BCUT2D eigenvalue weighted by Crippen LogP contribution is 2.32. The van der Waals surface area contributed by atoms with Crippen molar-refractivity contribution in [3.8, 4) is 0 Å². The van der Waals surface area contributed by atoms with Crippen LogP contribution in [0, 0.1) is 0 Å². The number of hydrogen-bond acceptors (Lipinski definition) is 4. The lowest BCUT2D eigenvalue weighted by molar-refractivity contribution is -0.141. The Morgan fingerprint density at radius 1 is 0.971 bits per heavy atom. The summed E-state index contributed by atoms with van der Waals surface area (Å²) in [7, 11) is 0. The molecule has 1 saturated heterocycles. The van der Waals surface area contributed by atoms with Gasteiger partial charge in [0.2, 0.25) is 0 Å². The zero-order chi connectivity index (χ0) is 25.0. The van der Waals surface area contributed by atoms with Crippen molar-refractivity contribution in [1.82, 2.24) is 24.1 Å². The average Bonchev–Trinajstić information content (AvgIpc) is 3.25. The smallest absolute Gasteiger partial charge is 0.331 e. The van der Waals surface area contributed by atoms with Crippen LogP contribution in [0.15, 0.2) is 35.3 Å². The fourth-order valence-electron chi connectivity index (χ4n) is 3.51. The van der Waals surface area contributed by atoms with Gasteiger partial charge in [-0.2, -0.15) is 26.3 Å². The van der Waals surface area contributed by atoms with Crippen molar-refractivity contribution in [3.05, 3.63) is 63.5 Å². The van der Waals surface area contributed by atoms with E-state index in [9.17, 15) is 44.7 Å². The Morgan fingerprint density at radius 2 is 1.62 bits per heavy atom. The number of carbonyl (C=O) groups is 1. The zero-order valence-corrected chi connectivity index (χ0v) is 16.7. The molecule has 1 aliphatic rings. The summed E-state index contributed by atoms with van der Waals surface area (Å²) in [4.78, 5) is 29.6. The largest absolute Gasteiger partial charge is 0.433 e. The van der Waals surface area contributed by atoms with Crippen molar-refractivity contribution in [1.29, 1.82) is 0 Å². The second-order valence-corrected chi connectivity index (χ2v) is 7.52. The number of aromatic nitrogens is 4. The van der Waals surface area contributed by atoms with Crippen LogP contribution >= 0.6 is 0 Å². The minimum Gasteiger partial charge on any atom is -0.331 e. The predicted octanol–water partition coefficient (Wildman–Crippen LogP) is 3.11. The number of amides is 1. The molecule has 0 spiro atoms. The van der Waals surface area contributed by atoms with Crippen molar-refractivity contribution in [3.63, 3.8) is 0 Å².